The second-order valence-corrected chi connectivity index (χ2v) is 6.53. The van der Waals surface area contributed by atoms with Gasteiger partial charge >= 0.3 is 0 Å². The summed E-state index contributed by atoms with van der Waals surface area (Å²) in [5.41, 5.74) is 1.98. The molecular weight excluding hydrogens is 274 g/mol. The Kier molecular flexibility index (Phi) is 4.34. The number of nitrogens with zero attached hydrogens (tertiary/aromatic N) is 2. The number of benzene rings is 1. The molecule has 1 aromatic heterocycles. The number of rotatable bonds is 5. The molecule has 1 N–H and O–H groups in total. The first-order chi connectivity index (χ1) is 9.49. The topological polar surface area (TPSA) is 72.0 Å². The van der Waals surface area contributed by atoms with Crippen molar-refractivity contribution in [2.75, 3.05) is 11.6 Å². The summed E-state index contributed by atoms with van der Waals surface area (Å²) in [6, 6.07) is 8.73. The van der Waals surface area contributed by atoms with Crippen molar-refractivity contribution in [3.8, 4) is 0 Å². The summed E-state index contributed by atoms with van der Waals surface area (Å²) in [5, 5.41) is 3.19. The molecule has 0 aliphatic heterocycles. The Morgan fingerprint density at radius 1 is 1.15 bits per heavy atom. The van der Waals surface area contributed by atoms with Crippen molar-refractivity contribution >= 4 is 15.7 Å². The van der Waals surface area contributed by atoms with Gasteiger partial charge < -0.3 is 5.32 Å². The summed E-state index contributed by atoms with van der Waals surface area (Å²) in [7, 11) is -3.14. The highest BCUT2D eigenvalue weighted by molar-refractivity contribution is 7.90. The largest absolute Gasteiger partial charge is 0.366 e. The van der Waals surface area contributed by atoms with Crippen molar-refractivity contribution in [1.29, 1.82) is 0 Å². The molecule has 0 saturated carbocycles. The lowest BCUT2D eigenvalue weighted by molar-refractivity contribution is 0.602. The van der Waals surface area contributed by atoms with E-state index >= 15 is 0 Å². The molecule has 0 bridgehead atoms. The predicted molar refractivity (Wildman–Crippen MR) is 78.3 cm³/mol. The molecule has 1 heterocycles. The van der Waals surface area contributed by atoms with Crippen LogP contribution in [0.15, 0.2) is 41.6 Å². The van der Waals surface area contributed by atoms with Crippen LogP contribution in [0.25, 0.3) is 0 Å². The quantitative estimate of drug-likeness (QED) is 0.913. The van der Waals surface area contributed by atoms with Crippen molar-refractivity contribution < 1.29 is 8.42 Å². The maximum Gasteiger partial charge on any atom is 0.175 e. The number of aromatic nitrogens is 2. The second-order valence-electron chi connectivity index (χ2n) is 4.52. The minimum Gasteiger partial charge on any atom is -0.366 e. The molecular formula is C14H17N3O2S. The fraction of sp³-hybridized carbons (Fsp3) is 0.286. The van der Waals surface area contributed by atoms with Gasteiger partial charge in [-0.1, -0.05) is 19.1 Å². The molecule has 0 aliphatic carbocycles. The van der Waals surface area contributed by atoms with Gasteiger partial charge in [-0.05, 0) is 24.1 Å². The average Bonchev–Trinajstić information content (AvgIpc) is 2.45. The zero-order valence-corrected chi connectivity index (χ0v) is 12.3. The average molecular weight is 291 g/mol. The van der Waals surface area contributed by atoms with Gasteiger partial charge in [-0.3, -0.25) is 0 Å². The Hall–Kier alpha value is -1.95. The third-order valence-corrected chi connectivity index (χ3v) is 4.04. The van der Waals surface area contributed by atoms with Crippen molar-refractivity contribution in [2.45, 2.75) is 24.8 Å². The SMILES string of the molecule is CCc1cc(NCc2ccc(S(C)(=O)=O)cc2)ncn1. The van der Waals surface area contributed by atoms with Crippen molar-refractivity contribution in [3.05, 3.63) is 47.9 Å². The van der Waals surface area contributed by atoms with Gasteiger partial charge in [0.15, 0.2) is 9.84 Å². The van der Waals surface area contributed by atoms with Crippen LogP contribution < -0.4 is 5.32 Å². The van der Waals surface area contributed by atoms with E-state index in [1.807, 2.05) is 13.0 Å². The van der Waals surface area contributed by atoms with Crippen molar-refractivity contribution in [1.82, 2.24) is 9.97 Å². The Balaban J connectivity index is 2.04. The third-order valence-electron chi connectivity index (χ3n) is 2.91. The van der Waals surface area contributed by atoms with E-state index in [4.69, 9.17) is 0 Å². The summed E-state index contributed by atoms with van der Waals surface area (Å²) in [6.07, 6.45) is 3.60. The molecule has 0 amide bonds. The Labute approximate surface area is 119 Å². The molecule has 6 heteroatoms. The highest BCUT2D eigenvalue weighted by Gasteiger charge is 2.06. The van der Waals surface area contributed by atoms with E-state index in [-0.39, 0.29) is 0 Å². The fourth-order valence-corrected chi connectivity index (χ4v) is 2.37. The zero-order chi connectivity index (χ0) is 14.6. The summed E-state index contributed by atoms with van der Waals surface area (Å²) < 4.78 is 22.7. The smallest absolute Gasteiger partial charge is 0.175 e. The Morgan fingerprint density at radius 2 is 1.85 bits per heavy atom. The predicted octanol–water partition coefficient (Wildman–Crippen LogP) is 2.05. The molecule has 0 fully saturated rings. The van der Waals surface area contributed by atoms with Gasteiger partial charge in [0.2, 0.25) is 0 Å². The van der Waals surface area contributed by atoms with E-state index in [1.54, 1.807) is 24.3 Å². The van der Waals surface area contributed by atoms with E-state index in [1.165, 1.54) is 12.6 Å². The van der Waals surface area contributed by atoms with Crippen LogP contribution in [0.3, 0.4) is 0 Å². The standard InChI is InChI=1S/C14H17N3O2S/c1-3-12-8-14(17-10-16-12)15-9-11-4-6-13(7-5-11)20(2,18)19/h4-8,10H,3,9H2,1-2H3,(H,15,16,17). The van der Waals surface area contributed by atoms with Crippen molar-refractivity contribution in [3.63, 3.8) is 0 Å². The van der Waals surface area contributed by atoms with Gasteiger partial charge in [0.1, 0.15) is 12.1 Å². The second kappa shape index (κ2) is 6.00. The molecule has 1 aromatic carbocycles. The van der Waals surface area contributed by atoms with Gasteiger partial charge in [-0.25, -0.2) is 18.4 Å². The molecule has 106 valence electrons. The van der Waals surface area contributed by atoms with Crippen molar-refractivity contribution in [2.24, 2.45) is 0 Å². The molecule has 0 radical (unpaired) electrons. The first-order valence-electron chi connectivity index (χ1n) is 6.33. The van der Waals surface area contributed by atoms with Crippen LogP contribution in [-0.4, -0.2) is 24.6 Å². The van der Waals surface area contributed by atoms with Crippen LogP contribution in [-0.2, 0) is 22.8 Å². The van der Waals surface area contributed by atoms with Crippen LogP contribution in [0.1, 0.15) is 18.2 Å². The lowest BCUT2D eigenvalue weighted by Gasteiger charge is -2.07. The van der Waals surface area contributed by atoms with E-state index in [9.17, 15) is 8.42 Å². The van der Waals surface area contributed by atoms with Gasteiger partial charge in [-0.2, -0.15) is 0 Å². The molecule has 0 spiro atoms. The first-order valence-corrected chi connectivity index (χ1v) is 8.22. The van der Waals surface area contributed by atoms with E-state index in [0.29, 0.717) is 11.4 Å². The zero-order valence-electron chi connectivity index (χ0n) is 11.5. The van der Waals surface area contributed by atoms with Crippen LogP contribution in [0, 0.1) is 0 Å². The first kappa shape index (κ1) is 14.5. The molecule has 0 saturated heterocycles. The summed E-state index contributed by atoms with van der Waals surface area (Å²) >= 11 is 0. The van der Waals surface area contributed by atoms with Crippen LogP contribution in [0.4, 0.5) is 5.82 Å². The molecule has 5 nitrogen and oxygen atoms in total. The number of aryl methyl sites for hydroxylation is 1. The number of sulfone groups is 1. The lowest BCUT2D eigenvalue weighted by Crippen LogP contribution is -2.03. The number of nitrogens with one attached hydrogen (secondary N) is 1. The summed E-state index contributed by atoms with van der Waals surface area (Å²) in [6.45, 7) is 2.63. The molecule has 2 rings (SSSR count). The van der Waals surface area contributed by atoms with Crippen LogP contribution in [0.5, 0.6) is 0 Å². The van der Waals surface area contributed by atoms with Gasteiger partial charge in [0, 0.05) is 24.6 Å². The molecule has 0 aliphatic rings. The number of hydrogen-bond acceptors (Lipinski definition) is 5. The van der Waals surface area contributed by atoms with Gasteiger partial charge in [0.05, 0.1) is 4.90 Å². The minimum atomic E-state index is -3.14. The maximum atomic E-state index is 11.4. The van der Waals surface area contributed by atoms with Crippen LogP contribution >= 0.6 is 0 Å². The number of hydrogen-bond donors (Lipinski definition) is 1. The maximum absolute atomic E-state index is 11.4. The number of anilines is 1. The molecule has 2 aromatic rings. The van der Waals surface area contributed by atoms with E-state index in [2.05, 4.69) is 15.3 Å². The molecule has 0 unspecified atom stereocenters. The summed E-state index contributed by atoms with van der Waals surface area (Å²) in [5.74, 6) is 0.768. The third kappa shape index (κ3) is 3.77. The van der Waals surface area contributed by atoms with E-state index < -0.39 is 9.84 Å². The Morgan fingerprint density at radius 3 is 2.45 bits per heavy atom. The lowest BCUT2D eigenvalue weighted by atomic mass is 10.2. The van der Waals surface area contributed by atoms with Gasteiger partial charge in [0.25, 0.3) is 0 Å². The monoisotopic (exact) mass is 291 g/mol. The fourth-order valence-electron chi connectivity index (χ4n) is 1.73. The normalized spacial score (nSPS) is 11.3. The minimum absolute atomic E-state index is 0.330. The highest BCUT2D eigenvalue weighted by Crippen LogP contribution is 2.12. The highest BCUT2D eigenvalue weighted by atomic mass is 32.2. The van der Waals surface area contributed by atoms with Crippen LogP contribution in [0.2, 0.25) is 0 Å². The molecule has 0 atom stereocenters. The van der Waals surface area contributed by atoms with Gasteiger partial charge in [-0.15, -0.1) is 0 Å². The summed E-state index contributed by atoms with van der Waals surface area (Å²) in [4.78, 5) is 8.60. The molecule has 20 heavy (non-hydrogen) atoms. The van der Waals surface area contributed by atoms with E-state index in [0.717, 1.165) is 23.5 Å². The Bertz CT molecular complexity index is 682.